The topological polar surface area (TPSA) is 75.4 Å². The molecule has 3 aromatic rings. The second kappa shape index (κ2) is 7.42. The van der Waals surface area contributed by atoms with E-state index in [9.17, 15) is 4.79 Å². The van der Waals surface area contributed by atoms with Gasteiger partial charge < -0.3 is 10.6 Å². The first-order chi connectivity index (χ1) is 13.4. The number of amides is 1. The summed E-state index contributed by atoms with van der Waals surface area (Å²) in [6.45, 7) is 5.28. The molecule has 28 heavy (non-hydrogen) atoms. The number of likely N-dealkylation sites (tertiary alicyclic amines) is 1. The van der Waals surface area contributed by atoms with Crippen molar-refractivity contribution in [2.45, 2.75) is 31.7 Å². The van der Waals surface area contributed by atoms with Crippen molar-refractivity contribution >= 4 is 44.5 Å². The zero-order chi connectivity index (χ0) is 19.9. The van der Waals surface area contributed by atoms with Gasteiger partial charge in [-0.15, -0.1) is 22.7 Å². The van der Waals surface area contributed by atoms with E-state index in [2.05, 4.69) is 28.3 Å². The highest BCUT2D eigenvalue weighted by molar-refractivity contribution is 7.21. The van der Waals surface area contributed by atoms with Gasteiger partial charge in [0.1, 0.15) is 9.71 Å². The van der Waals surface area contributed by atoms with E-state index < -0.39 is 0 Å². The zero-order valence-electron chi connectivity index (χ0n) is 16.4. The highest BCUT2D eigenvalue weighted by Gasteiger charge is 2.33. The van der Waals surface area contributed by atoms with Crippen molar-refractivity contribution in [2.75, 3.05) is 32.9 Å². The van der Waals surface area contributed by atoms with Gasteiger partial charge in [-0.05, 0) is 38.1 Å². The van der Waals surface area contributed by atoms with Crippen LogP contribution in [0.2, 0.25) is 0 Å². The molecule has 0 spiro atoms. The van der Waals surface area contributed by atoms with Gasteiger partial charge in [-0.2, -0.15) is 0 Å². The second-order valence-electron chi connectivity index (χ2n) is 7.91. The first kappa shape index (κ1) is 19.3. The summed E-state index contributed by atoms with van der Waals surface area (Å²) in [5, 5.41) is 3.00. The predicted molar refractivity (Wildman–Crippen MR) is 116 cm³/mol. The minimum atomic E-state index is -0.0661. The van der Waals surface area contributed by atoms with Gasteiger partial charge in [0.25, 0.3) is 5.91 Å². The van der Waals surface area contributed by atoms with Crippen molar-refractivity contribution < 1.29 is 4.79 Å². The number of aromatic nitrogens is 2. The third-order valence-corrected chi connectivity index (χ3v) is 7.38. The lowest BCUT2D eigenvalue weighted by molar-refractivity contribution is 0.0833. The lowest BCUT2D eigenvalue weighted by atomic mass is 9.77. The summed E-state index contributed by atoms with van der Waals surface area (Å²) in [5.74, 6) is -0.0661. The van der Waals surface area contributed by atoms with E-state index in [4.69, 9.17) is 10.7 Å². The number of nitrogens with two attached hydrogens (primary N) is 1. The molecule has 1 saturated heterocycles. The largest absolute Gasteiger partial charge is 0.397 e. The van der Waals surface area contributed by atoms with Gasteiger partial charge in [0.15, 0.2) is 0 Å². The molecule has 0 saturated carbocycles. The van der Waals surface area contributed by atoms with Crippen LogP contribution >= 0.6 is 22.7 Å². The van der Waals surface area contributed by atoms with Gasteiger partial charge in [0, 0.05) is 42.5 Å². The van der Waals surface area contributed by atoms with Crippen molar-refractivity contribution in [1.82, 2.24) is 19.8 Å². The molecule has 148 valence electrons. The number of rotatable bonds is 4. The van der Waals surface area contributed by atoms with E-state index in [0.29, 0.717) is 10.6 Å². The third kappa shape index (κ3) is 3.52. The smallest absolute Gasteiger partial charge is 0.265 e. The van der Waals surface area contributed by atoms with Crippen LogP contribution in [0.3, 0.4) is 0 Å². The van der Waals surface area contributed by atoms with Crippen molar-refractivity contribution in [3.05, 3.63) is 39.3 Å². The maximum atomic E-state index is 12.4. The van der Waals surface area contributed by atoms with Crippen LogP contribution in [0.5, 0.6) is 0 Å². The van der Waals surface area contributed by atoms with Gasteiger partial charge in [-0.3, -0.25) is 9.69 Å². The lowest BCUT2D eigenvalue weighted by Crippen LogP contribution is -2.41. The monoisotopic (exact) mass is 415 g/mol. The van der Waals surface area contributed by atoms with E-state index in [1.165, 1.54) is 11.3 Å². The molecule has 0 atom stereocenters. The van der Waals surface area contributed by atoms with E-state index in [-0.39, 0.29) is 11.3 Å². The minimum absolute atomic E-state index is 0.0389. The highest BCUT2D eigenvalue weighted by atomic mass is 32.1. The standard InChI is InChI=1S/C20H25N5OS2/c1-20(6-8-25(9-7-20)10-13-11-27-12-22-13)15-5-4-14-16(21)17(19(26)24(2)3)28-18(14)23-15/h4-5,11-12H,6-10,21H2,1-3H3. The summed E-state index contributed by atoms with van der Waals surface area (Å²) in [6, 6.07) is 4.12. The number of anilines is 1. The first-order valence-electron chi connectivity index (χ1n) is 9.38. The summed E-state index contributed by atoms with van der Waals surface area (Å²) >= 11 is 3.04. The summed E-state index contributed by atoms with van der Waals surface area (Å²) in [6.07, 6.45) is 2.11. The molecular weight excluding hydrogens is 390 g/mol. The molecule has 3 aromatic heterocycles. The number of thiophene rings is 1. The zero-order valence-corrected chi connectivity index (χ0v) is 18.1. The van der Waals surface area contributed by atoms with Gasteiger partial charge in [-0.25, -0.2) is 9.97 Å². The molecule has 0 aromatic carbocycles. The number of carbonyl (C=O) groups is 1. The van der Waals surface area contributed by atoms with Crippen LogP contribution in [0.15, 0.2) is 23.0 Å². The summed E-state index contributed by atoms with van der Waals surface area (Å²) in [5.41, 5.74) is 11.0. The Kier molecular flexibility index (Phi) is 5.11. The van der Waals surface area contributed by atoms with Crippen LogP contribution in [-0.4, -0.2) is 52.9 Å². The van der Waals surface area contributed by atoms with E-state index in [1.54, 1.807) is 30.3 Å². The van der Waals surface area contributed by atoms with Gasteiger partial charge in [0.05, 0.1) is 16.9 Å². The maximum absolute atomic E-state index is 12.4. The quantitative estimate of drug-likeness (QED) is 0.705. The molecule has 4 rings (SSSR count). The number of hydrogen-bond donors (Lipinski definition) is 1. The minimum Gasteiger partial charge on any atom is -0.397 e. The Hall–Kier alpha value is -2.03. The second-order valence-corrected chi connectivity index (χ2v) is 9.63. The SMILES string of the molecule is CN(C)C(=O)c1sc2nc(C3(C)CCN(Cc4cscn4)CC3)ccc2c1N. The highest BCUT2D eigenvalue weighted by Crippen LogP contribution is 2.38. The predicted octanol–water partition coefficient (Wildman–Crippen LogP) is 3.59. The molecule has 1 fully saturated rings. The Morgan fingerprint density at radius 2 is 2.07 bits per heavy atom. The number of thiazole rings is 1. The van der Waals surface area contributed by atoms with Crippen molar-refractivity contribution in [2.24, 2.45) is 0 Å². The number of carbonyl (C=O) groups excluding carboxylic acids is 1. The fraction of sp³-hybridized carbons (Fsp3) is 0.450. The normalized spacial score (nSPS) is 17.1. The third-order valence-electron chi connectivity index (χ3n) is 5.64. The molecule has 1 aliphatic heterocycles. The molecule has 0 radical (unpaired) electrons. The molecule has 0 bridgehead atoms. The van der Waals surface area contributed by atoms with E-state index in [0.717, 1.165) is 54.1 Å². The number of nitrogens with zero attached hydrogens (tertiary/aromatic N) is 4. The fourth-order valence-corrected chi connectivity index (χ4v) is 5.37. The Bertz CT molecular complexity index is 988. The van der Waals surface area contributed by atoms with Crippen molar-refractivity contribution in [3.8, 4) is 0 Å². The molecule has 8 heteroatoms. The lowest BCUT2D eigenvalue weighted by Gasteiger charge is -2.38. The summed E-state index contributed by atoms with van der Waals surface area (Å²) in [4.78, 5) is 27.2. The number of fused-ring (bicyclic) bond motifs is 1. The average Bonchev–Trinajstić information content (AvgIpc) is 3.31. The van der Waals surface area contributed by atoms with Crippen LogP contribution in [-0.2, 0) is 12.0 Å². The number of piperidine rings is 1. The molecule has 6 nitrogen and oxygen atoms in total. The van der Waals surface area contributed by atoms with E-state index in [1.807, 2.05) is 11.6 Å². The number of hydrogen-bond acceptors (Lipinski definition) is 7. The van der Waals surface area contributed by atoms with Crippen molar-refractivity contribution in [3.63, 3.8) is 0 Å². The van der Waals surface area contributed by atoms with Crippen molar-refractivity contribution in [1.29, 1.82) is 0 Å². The average molecular weight is 416 g/mol. The van der Waals surface area contributed by atoms with Crippen LogP contribution in [0.4, 0.5) is 5.69 Å². The Balaban J connectivity index is 1.54. The van der Waals surface area contributed by atoms with Crippen LogP contribution in [0.25, 0.3) is 10.2 Å². The number of nitrogen functional groups attached to an aromatic ring is 1. The molecule has 2 N–H and O–H groups in total. The van der Waals surface area contributed by atoms with Gasteiger partial charge >= 0.3 is 0 Å². The molecule has 0 unspecified atom stereocenters. The molecular formula is C20H25N5OS2. The van der Waals surface area contributed by atoms with Gasteiger partial charge in [-0.1, -0.05) is 6.92 Å². The molecule has 0 aliphatic carbocycles. The van der Waals surface area contributed by atoms with Gasteiger partial charge in [0.2, 0.25) is 0 Å². The van der Waals surface area contributed by atoms with E-state index >= 15 is 0 Å². The maximum Gasteiger partial charge on any atom is 0.265 e. The molecule has 4 heterocycles. The molecule has 1 aliphatic rings. The molecule has 1 amide bonds. The van der Waals surface area contributed by atoms with Crippen LogP contribution in [0, 0.1) is 0 Å². The van der Waals surface area contributed by atoms with Crippen LogP contribution in [0.1, 0.15) is 40.8 Å². The number of pyridine rings is 1. The summed E-state index contributed by atoms with van der Waals surface area (Å²) < 4.78 is 0. The Labute approximate surface area is 173 Å². The summed E-state index contributed by atoms with van der Waals surface area (Å²) in [7, 11) is 3.48. The fourth-order valence-electron chi connectivity index (χ4n) is 3.70. The Morgan fingerprint density at radius 3 is 2.71 bits per heavy atom. The van der Waals surface area contributed by atoms with Crippen LogP contribution < -0.4 is 5.73 Å². The Morgan fingerprint density at radius 1 is 1.32 bits per heavy atom. The first-order valence-corrected chi connectivity index (χ1v) is 11.1.